The van der Waals surface area contributed by atoms with Gasteiger partial charge in [0.05, 0.1) is 6.04 Å². The number of hydrogen-bond donors (Lipinski definition) is 1. The zero-order valence-corrected chi connectivity index (χ0v) is 11.9. The molecule has 1 aromatic carbocycles. The number of rotatable bonds is 2. The van der Waals surface area contributed by atoms with Crippen molar-refractivity contribution in [2.45, 2.75) is 6.04 Å². The molecule has 3 aromatic rings. The van der Waals surface area contributed by atoms with Crippen molar-refractivity contribution < 1.29 is 4.79 Å². The number of H-pyrrole nitrogens is 1. The molecule has 1 aliphatic heterocycles. The average Bonchev–Trinajstić information content (AvgIpc) is 3.05. The number of likely N-dealkylation sites (tertiary alicyclic amines) is 1. The van der Waals surface area contributed by atoms with Crippen molar-refractivity contribution in [2.75, 3.05) is 13.1 Å². The lowest BCUT2D eigenvalue weighted by Crippen LogP contribution is -2.50. The Balaban J connectivity index is 1.52. The summed E-state index contributed by atoms with van der Waals surface area (Å²) < 4.78 is 1.90. The number of nitrogens with zero attached hydrogens (tertiary/aromatic N) is 3. The van der Waals surface area contributed by atoms with Gasteiger partial charge < -0.3 is 9.88 Å². The monoisotopic (exact) mass is 300 g/mol. The first-order valence-corrected chi connectivity index (χ1v) is 7.15. The van der Waals surface area contributed by atoms with E-state index in [0.717, 1.165) is 10.9 Å². The minimum absolute atomic E-state index is 0.0192. The van der Waals surface area contributed by atoms with Gasteiger partial charge in [0.1, 0.15) is 5.69 Å². The van der Waals surface area contributed by atoms with E-state index in [0.29, 0.717) is 23.8 Å². The fraction of sp³-hybridized carbons (Fsp3) is 0.200. The Morgan fingerprint density at radius 3 is 2.95 bits per heavy atom. The van der Waals surface area contributed by atoms with E-state index in [1.54, 1.807) is 6.20 Å². The second kappa shape index (κ2) is 4.63. The van der Waals surface area contributed by atoms with E-state index in [2.05, 4.69) is 10.1 Å². The minimum atomic E-state index is 0.0192. The Morgan fingerprint density at radius 1 is 1.33 bits per heavy atom. The highest BCUT2D eigenvalue weighted by Crippen LogP contribution is 2.25. The van der Waals surface area contributed by atoms with Crippen molar-refractivity contribution in [1.82, 2.24) is 19.7 Å². The summed E-state index contributed by atoms with van der Waals surface area (Å²) in [7, 11) is 0. The van der Waals surface area contributed by atoms with Crippen molar-refractivity contribution in [3.63, 3.8) is 0 Å². The van der Waals surface area contributed by atoms with Gasteiger partial charge in [-0.05, 0) is 30.3 Å². The molecule has 0 spiro atoms. The van der Waals surface area contributed by atoms with Crippen LogP contribution in [0.4, 0.5) is 0 Å². The second-order valence-electron chi connectivity index (χ2n) is 5.26. The highest BCUT2D eigenvalue weighted by molar-refractivity contribution is 6.31. The molecule has 0 bridgehead atoms. The predicted molar refractivity (Wildman–Crippen MR) is 80.5 cm³/mol. The molecule has 106 valence electrons. The maximum absolute atomic E-state index is 12.4. The molecule has 1 fully saturated rings. The fourth-order valence-corrected chi connectivity index (χ4v) is 2.85. The molecule has 0 unspecified atom stereocenters. The van der Waals surface area contributed by atoms with Crippen LogP contribution < -0.4 is 0 Å². The minimum Gasteiger partial charge on any atom is -0.351 e. The molecule has 0 radical (unpaired) electrons. The summed E-state index contributed by atoms with van der Waals surface area (Å²) in [5.41, 5.74) is 1.53. The third-order valence-electron chi connectivity index (χ3n) is 3.86. The van der Waals surface area contributed by atoms with Crippen LogP contribution in [0.5, 0.6) is 0 Å². The summed E-state index contributed by atoms with van der Waals surface area (Å²) >= 11 is 5.97. The summed E-state index contributed by atoms with van der Waals surface area (Å²) in [5, 5.41) is 5.83. The Morgan fingerprint density at radius 2 is 2.19 bits per heavy atom. The van der Waals surface area contributed by atoms with Crippen molar-refractivity contribution in [3.8, 4) is 0 Å². The molecule has 1 saturated heterocycles. The molecule has 21 heavy (non-hydrogen) atoms. The van der Waals surface area contributed by atoms with E-state index in [9.17, 15) is 4.79 Å². The summed E-state index contributed by atoms with van der Waals surface area (Å²) in [6.07, 6.45) is 3.68. The zero-order chi connectivity index (χ0) is 14.4. The largest absolute Gasteiger partial charge is 0.351 e. The third kappa shape index (κ3) is 2.10. The van der Waals surface area contributed by atoms with Crippen LogP contribution >= 0.6 is 11.6 Å². The average molecular weight is 301 g/mol. The standard InChI is InChI=1S/C15H13ClN4O/c16-11-2-3-13-10(6-11)7-14(18-13)15(21)19-8-12(9-19)20-5-1-4-17-20/h1-7,12,18H,8-9H2. The van der Waals surface area contributed by atoms with Gasteiger partial charge in [0.15, 0.2) is 0 Å². The zero-order valence-electron chi connectivity index (χ0n) is 11.2. The maximum atomic E-state index is 12.4. The number of hydrogen-bond acceptors (Lipinski definition) is 2. The highest BCUT2D eigenvalue weighted by Gasteiger charge is 2.33. The number of benzene rings is 1. The van der Waals surface area contributed by atoms with E-state index >= 15 is 0 Å². The van der Waals surface area contributed by atoms with Crippen molar-refractivity contribution >= 4 is 28.4 Å². The molecule has 3 heterocycles. The second-order valence-corrected chi connectivity index (χ2v) is 5.70. The molecule has 5 nitrogen and oxygen atoms in total. The Hall–Kier alpha value is -2.27. The van der Waals surface area contributed by atoms with E-state index in [4.69, 9.17) is 11.6 Å². The van der Waals surface area contributed by atoms with Crippen LogP contribution in [-0.4, -0.2) is 38.7 Å². The van der Waals surface area contributed by atoms with Crippen molar-refractivity contribution in [1.29, 1.82) is 0 Å². The molecule has 1 amide bonds. The van der Waals surface area contributed by atoms with Gasteiger partial charge in [-0.1, -0.05) is 11.6 Å². The normalized spacial score (nSPS) is 15.4. The van der Waals surface area contributed by atoms with Gasteiger partial charge in [-0.25, -0.2) is 0 Å². The van der Waals surface area contributed by atoms with Gasteiger partial charge in [-0.2, -0.15) is 5.10 Å². The molecular formula is C15H13ClN4O. The lowest BCUT2D eigenvalue weighted by molar-refractivity contribution is 0.0496. The summed E-state index contributed by atoms with van der Waals surface area (Å²) in [4.78, 5) is 17.4. The fourth-order valence-electron chi connectivity index (χ4n) is 2.67. The Kier molecular flexibility index (Phi) is 2.75. The predicted octanol–water partition coefficient (Wildman–Crippen LogP) is 2.71. The van der Waals surface area contributed by atoms with Crippen LogP contribution in [0.1, 0.15) is 16.5 Å². The molecule has 0 aliphatic carbocycles. The van der Waals surface area contributed by atoms with Gasteiger partial charge >= 0.3 is 0 Å². The van der Waals surface area contributed by atoms with Gasteiger partial charge in [0.25, 0.3) is 5.91 Å². The van der Waals surface area contributed by atoms with Crippen LogP contribution in [0.15, 0.2) is 42.7 Å². The number of nitrogens with one attached hydrogen (secondary N) is 1. The first-order valence-electron chi connectivity index (χ1n) is 6.77. The number of aromatic nitrogens is 3. The van der Waals surface area contributed by atoms with Crippen molar-refractivity contribution in [3.05, 3.63) is 53.4 Å². The number of amides is 1. The van der Waals surface area contributed by atoms with E-state index < -0.39 is 0 Å². The van der Waals surface area contributed by atoms with Gasteiger partial charge in [-0.15, -0.1) is 0 Å². The SMILES string of the molecule is O=C(c1cc2cc(Cl)ccc2[nH]1)N1CC(n2cccn2)C1. The number of aromatic amines is 1. The van der Waals surface area contributed by atoms with E-state index in [1.165, 1.54) is 0 Å². The lowest BCUT2D eigenvalue weighted by Gasteiger charge is -2.38. The maximum Gasteiger partial charge on any atom is 0.270 e. The third-order valence-corrected chi connectivity index (χ3v) is 4.10. The number of fused-ring (bicyclic) bond motifs is 1. The summed E-state index contributed by atoms with van der Waals surface area (Å²) in [5.74, 6) is 0.0192. The summed E-state index contributed by atoms with van der Waals surface area (Å²) in [6, 6.07) is 9.58. The quantitative estimate of drug-likeness (QED) is 0.791. The van der Waals surface area contributed by atoms with Crippen LogP contribution in [0, 0.1) is 0 Å². The lowest BCUT2D eigenvalue weighted by atomic mass is 10.1. The van der Waals surface area contributed by atoms with Crippen LogP contribution in [0.2, 0.25) is 5.02 Å². The molecule has 2 aromatic heterocycles. The molecule has 1 N–H and O–H groups in total. The van der Waals surface area contributed by atoms with Crippen LogP contribution in [0.3, 0.4) is 0 Å². The highest BCUT2D eigenvalue weighted by atomic mass is 35.5. The van der Waals surface area contributed by atoms with Gasteiger partial charge in [-0.3, -0.25) is 9.48 Å². The molecule has 4 rings (SSSR count). The summed E-state index contributed by atoms with van der Waals surface area (Å²) in [6.45, 7) is 1.38. The number of halogens is 1. The van der Waals surface area contributed by atoms with Crippen molar-refractivity contribution in [2.24, 2.45) is 0 Å². The number of carbonyl (C=O) groups is 1. The topological polar surface area (TPSA) is 53.9 Å². The first-order chi connectivity index (χ1) is 10.2. The molecule has 1 aliphatic rings. The molecule has 0 saturated carbocycles. The Bertz CT molecular complexity index is 802. The van der Waals surface area contributed by atoms with E-state index in [1.807, 2.05) is 46.1 Å². The smallest absolute Gasteiger partial charge is 0.270 e. The van der Waals surface area contributed by atoms with Crippen LogP contribution in [-0.2, 0) is 0 Å². The Labute approximate surface area is 126 Å². The first kappa shape index (κ1) is 12.5. The van der Waals surface area contributed by atoms with E-state index in [-0.39, 0.29) is 11.9 Å². The molecular weight excluding hydrogens is 288 g/mol. The van der Waals surface area contributed by atoms with Gasteiger partial charge in [0.2, 0.25) is 0 Å². The molecule has 0 atom stereocenters. The van der Waals surface area contributed by atoms with Crippen LogP contribution in [0.25, 0.3) is 10.9 Å². The van der Waals surface area contributed by atoms with Gasteiger partial charge in [0, 0.05) is 41.4 Å². The number of carbonyl (C=O) groups excluding carboxylic acids is 1. The molecule has 6 heteroatoms.